The molecule has 1 aromatic carbocycles. The van der Waals surface area contributed by atoms with Crippen LogP contribution >= 0.6 is 0 Å². The number of nitrogens with one attached hydrogen (secondary N) is 1. The van der Waals surface area contributed by atoms with Crippen molar-refractivity contribution in [3.63, 3.8) is 0 Å². The van der Waals surface area contributed by atoms with Gasteiger partial charge in [-0.25, -0.2) is 4.79 Å². The zero-order valence-corrected chi connectivity index (χ0v) is 17.0. The Kier molecular flexibility index (Phi) is 5.60. The molecule has 0 unspecified atom stereocenters. The topological polar surface area (TPSA) is 115 Å². The largest absolute Gasteiger partial charge is 0.491 e. The molecular formula is C20H25N5O5. The fourth-order valence-corrected chi connectivity index (χ4v) is 3.49. The molecule has 0 bridgehead atoms. The second-order valence-corrected chi connectivity index (χ2v) is 7.39. The lowest BCUT2D eigenvalue weighted by atomic mass is 10.2. The summed E-state index contributed by atoms with van der Waals surface area (Å²) >= 11 is 0. The van der Waals surface area contributed by atoms with Crippen molar-refractivity contribution in [2.45, 2.75) is 19.6 Å². The molecule has 10 nitrogen and oxygen atoms in total. The molecule has 1 fully saturated rings. The first kappa shape index (κ1) is 20.2. The van der Waals surface area contributed by atoms with E-state index in [0.29, 0.717) is 38.0 Å². The molecule has 1 aliphatic heterocycles. The van der Waals surface area contributed by atoms with Gasteiger partial charge in [0.15, 0.2) is 11.2 Å². The normalized spacial score (nSPS) is 15.5. The van der Waals surface area contributed by atoms with E-state index in [1.54, 1.807) is 11.6 Å². The number of ether oxygens (including phenoxy) is 2. The quantitative estimate of drug-likeness (QED) is 0.583. The Morgan fingerprint density at radius 1 is 1.23 bits per heavy atom. The summed E-state index contributed by atoms with van der Waals surface area (Å²) in [7, 11) is 1.55. The van der Waals surface area contributed by atoms with Gasteiger partial charge in [0.05, 0.1) is 19.8 Å². The fourth-order valence-electron chi connectivity index (χ4n) is 3.49. The van der Waals surface area contributed by atoms with Crippen LogP contribution in [0.2, 0.25) is 0 Å². The minimum Gasteiger partial charge on any atom is -0.491 e. The number of aryl methyl sites for hydroxylation is 2. The number of rotatable bonds is 6. The minimum absolute atomic E-state index is 0.0505. The van der Waals surface area contributed by atoms with Crippen LogP contribution < -0.4 is 20.9 Å². The molecule has 1 aliphatic rings. The maximum Gasteiger partial charge on any atom is 0.329 e. The summed E-state index contributed by atoms with van der Waals surface area (Å²) in [5.74, 6) is 1.18. The van der Waals surface area contributed by atoms with Crippen molar-refractivity contribution in [1.82, 2.24) is 19.1 Å². The third-order valence-electron chi connectivity index (χ3n) is 5.14. The van der Waals surface area contributed by atoms with E-state index in [1.807, 2.05) is 36.1 Å². The Labute approximate surface area is 172 Å². The molecule has 3 aromatic rings. The Bertz CT molecular complexity index is 1140. The Hall–Kier alpha value is -3.11. The molecule has 2 aromatic heterocycles. The number of hydrogen-bond donors (Lipinski definition) is 2. The maximum atomic E-state index is 12.6. The second kappa shape index (κ2) is 8.33. The van der Waals surface area contributed by atoms with E-state index >= 15 is 0 Å². The Morgan fingerprint density at radius 2 is 1.93 bits per heavy atom. The molecule has 1 atom stereocenters. The van der Waals surface area contributed by atoms with Crippen LogP contribution in [-0.4, -0.2) is 63.2 Å². The first-order valence-corrected chi connectivity index (χ1v) is 9.84. The molecular weight excluding hydrogens is 390 g/mol. The number of aliphatic hydroxyl groups excluding tert-OH is 1. The van der Waals surface area contributed by atoms with Crippen molar-refractivity contribution < 1.29 is 14.6 Å². The number of imidazole rings is 1. The van der Waals surface area contributed by atoms with Crippen LogP contribution in [0.4, 0.5) is 5.95 Å². The van der Waals surface area contributed by atoms with Crippen LogP contribution in [0.3, 0.4) is 0 Å². The first-order valence-electron chi connectivity index (χ1n) is 9.84. The van der Waals surface area contributed by atoms with Crippen molar-refractivity contribution in [1.29, 1.82) is 0 Å². The molecule has 2 N–H and O–H groups in total. The zero-order chi connectivity index (χ0) is 21.3. The summed E-state index contributed by atoms with van der Waals surface area (Å²) in [6.45, 7) is 4.41. The molecule has 0 saturated carbocycles. The monoisotopic (exact) mass is 415 g/mol. The molecule has 0 amide bonds. The molecule has 3 heterocycles. The number of morpholine rings is 1. The van der Waals surface area contributed by atoms with Crippen molar-refractivity contribution in [3.8, 4) is 5.75 Å². The van der Waals surface area contributed by atoms with Gasteiger partial charge in [0.2, 0.25) is 5.95 Å². The van der Waals surface area contributed by atoms with Crippen molar-refractivity contribution in [3.05, 3.63) is 50.7 Å². The zero-order valence-electron chi connectivity index (χ0n) is 17.0. The summed E-state index contributed by atoms with van der Waals surface area (Å²) < 4.78 is 14.0. The van der Waals surface area contributed by atoms with Gasteiger partial charge in [-0.3, -0.25) is 14.3 Å². The number of aliphatic hydroxyl groups is 1. The third-order valence-corrected chi connectivity index (χ3v) is 5.14. The average molecular weight is 415 g/mol. The molecule has 1 saturated heterocycles. The molecule has 160 valence electrons. The summed E-state index contributed by atoms with van der Waals surface area (Å²) in [5, 5.41) is 10.6. The van der Waals surface area contributed by atoms with Crippen LogP contribution in [-0.2, 0) is 18.3 Å². The Balaban J connectivity index is 1.65. The van der Waals surface area contributed by atoms with E-state index < -0.39 is 17.4 Å². The highest BCUT2D eigenvalue weighted by atomic mass is 16.5. The van der Waals surface area contributed by atoms with Gasteiger partial charge in [0, 0.05) is 20.1 Å². The minimum atomic E-state index is -0.889. The van der Waals surface area contributed by atoms with E-state index in [9.17, 15) is 14.7 Å². The molecule has 0 spiro atoms. The first-order chi connectivity index (χ1) is 14.4. The highest BCUT2D eigenvalue weighted by Crippen LogP contribution is 2.21. The highest BCUT2D eigenvalue weighted by molar-refractivity contribution is 5.74. The fraction of sp³-hybridized carbons (Fsp3) is 0.450. The average Bonchev–Trinajstić information content (AvgIpc) is 3.12. The Morgan fingerprint density at radius 3 is 2.63 bits per heavy atom. The number of benzene rings is 1. The highest BCUT2D eigenvalue weighted by Gasteiger charge is 2.24. The summed E-state index contributed by atoms with van der Waals surface area (Å²) in [6, 6.07) is 7.55. The summed E-state index contributed by atoms with van der Waals surface area (Å²) in [6.07, 6.45) is -0.889. The number of aromatic amines is 1. The standard InChI is InChI=1S/C20H25N5O5/c1-13-3-5-15(6-4-13)30-12-14(26)11-25-16-17(23(2)20(28)22-18(16)27)21-19(25)24-7-9-29-10-8-24/h3-6,14,26H,7-12H2,1-2H3,(H,22,27,28)/t14-/m0/s1. The lowest BCUT2D eigenvalue weighted by Gasteiger charge is -2.28. The van der Waals surface area contributed by atoms with E-state index in [4.69, 9.17) is 9.47 Å². The molecule has 4 rings (SSSR count). The SMILES string of the molecule is Cc1ccc(OC[C@@H](O)Cn2c(N3CCOCC3)nc3c2c(=O)[nH]c(=O)n3C)cc1. The van der Waals surface area contributed by atoms with Gasteiger partial charge in [0.1, 0.15) is 18.5 Å². The van der Waals surface area contributed by atoms with Crippen molar-refractivity contribution >= 4 is 17.1 Å². The number of nitrogens with zero attached hydrogens (tertiary/aromatic N) is 4. The smallest absolute Gasteiger partial charge is 0.329 e. The molecule has 30 heavy (non-hydrogen) atoms. The predicted molar refractivity (Wildman–Crippen MR) is 111 cm³/mol. The van der Waals surface area contributed by atoms with E-state index in [0.717, 1.165) is 5.56 Å². The van der Waals surface area contributed by atoms with Gasteiger partial charge in [-0.15, -0.1) is 0 Å². The number of H-pyrrole nitrogens is 1. The van der Waals surface area contributed by atoms with Crippen molar-refractivity contribution in [2.24, 2.45) is 7.05 Å². The van der Waals surface area contributed by atoms with Crippen molar-refractivity contribution in [2.75, 3.05) is 37.8 Å². The number of aromatic nitrogens is 4. The van der Waals surface area contributed by atoms with Gasteiger partial charge in [-0.2, -0.15) is 4.98 Å². The van der Waals surface area contributed by atoms with Gasteiger partial charge >= 0.3 is 5.69 Å². The van der Waals surface area contributed by atoms with Crippen LogP contribution in [0, 0.1) is 6.92 Å². The van der Waals surface area contributed by atoms with Gasteiger partial charge < -0.3 is 24.0 Å². The maximum absolute atomic E-state index is 12.6. The summed E-state index contributed by atoms with van der Waals surface area (Å²) in [4.78, 5) is 33.4. The lowest BCUT2D eigenvalue weighted by molar-refractivity contribution is 0.0927. The van der Waals surface area contributed by atoms with E-state index in [-0.39, 0.29) is 24.3 Å². The number of anilines is 1. The summed E-state index contributed by atoms with van der Waals surface area (Å²) in [5.41, 5.74) is 0.568. The van der Waals surface area contributed by atoms with Crippen LogP contribution in [0.25, 0.3) is 11.2 Å². The van der Waals surface area contributed by atoms with Crippen LogP contribution in [0.1, 0.15) is 5.56 Å². The third kappa shape index (κ3) is 3.96. The molecule has 10 heteroatoms. The van der Waals surface area contributed by atoms with Gasteiger partial charge in [0.25, 0.3) is 5.56 Å². The van der Waals surface area contributed by atoms with E-state index in [2.05, 4.69) is 9.97 Å². The predicted octanol–water partition coefficient (Wildman–Crippen LogP) is 0.00822. The molecule has 0 radical (unpaired) electrons. The lowest BCUT2D eigenvalue weighted by Crippen LogP contribution is -2.39. The van der Waals surface area contributed by atoms with Crippen LogP contribution in [0.5, 0.6) is 5.75 Å². The van der Waals surface area contributed by atoms with Gasteiger partial charge in [-0.05, 0) is 19.1 Å². The van der Waals surface area contributed by atoms with E-state index in [1.165, 1.54) is 4.57 Å². The van der Waals surface area contributed by atoms with Gasteiger partial charge in [-0.1, -0.05) is 17.7 Å². The van der Waals surface area contributed by atoms with Crippen LogP contribution in [0.15, 0.2) is 33.9 Å². The molecule has 0 aliphatic carbocycles. The second-order valence-electron chi connectivity index (χ2n) is 7.39. The number of hydrogen-bond acceptors (Lipinski definition) is 7. The number of fused-ring (bicyclic) bond motifs is 1.